The second kappa shape index (κ2) is 7.90. The Labute approximate surface area is 138 Å². The van der Waals surface area contributed by atoms with Crippen molar-refractivity contribution in [2.45, 2.75) is 52.6 Å². The molecule has 1 N–H and O–H groups in total. The van der Waals surface area contributed by atoms with E-state index < -0.39 is 0 Å². The largest absolute Gasteiger partial charge is 0.351 e. The predicted octanol–water partition coefficient (Wildman–Crippen LogP) is 2.83. The average molecular weight is 314 g/mol. The molecule has 0 unspecified atom stereocenters. The van der Waals surface area contributed by atoms with Gasteiger partial charge >= 0.3 is 0 Å². The maximum atomic E-state index is 12.3. The number of aromatic nitrogens is 3. The quantitative estimate of drug-likeness (QED) is 0.855. The Kier molecular flexibility index (Phi) is 5.90. The van der Waals surface area contributed by atoms with Gasteiger partial charge in [-0.1, -0.05) is 26.8 Å². The van der Waals surface area contributed by atoms with E-state index in [1.807, 2.05) is 29.0 Å². The highest BCUT2D eigenvalue weighted by molar-refractivity contribution is 5.76. The van der Waals surface area contributed by atoms with Crippen LogP contribution in [-0.2, 0) is 17.8 Å². The number of imidazole rings is 1. The van der Waals surface area contributed by atoms with Crippen molar-refractivity contribution in [2.24, 2.45) is 5.41 Å². The molecule has 1 amide bonds. The number of nitrogens with zero attached hydrogens (tertiary/aromatic N) is 3. The Hall–Kier alpha value is -2.17. The monoisotopic (exact) mass is 314 g/mol. The molecule has 0 saturated heterocycles. The lowest BCUT2D eigenvalue weighted by Gasteiger charge is -2.31. The Balaban J connectivity index is 1.82. The number of pyridine rings is 1. The van der Waals surface area contributed by atoms with E-state index >= 15 is 0 Å². The van der Waals surface area contributed by atoms with Crippen LogP contribution in [0.4, 0.5) is 0 Å². The molecule has 0 aliphatic rings. The van der Waals surface area contributed by atoms with E-state index in [1.165, 1.54) is 0 Å². The van der Waals surface area contributed by atoms with Crippen LogP contribution in [0.2, 0.25) is 0 Å². The highest BCUT2D eigenvalue weighted by atomic mass is 16.1. The molecule has 0 aliphatic heterocycles. The summed E-state index contributed by atoms with van der Waals surface area (Å²) in [5, 5.41) is 3.17. The molecule has 2 rings (SSSR count). The lowest BCUT2D eigenvalue weighted by molar-refractivity contribution is -0.122. The van der Waals surface area contributed by atoms with Crippen LogP contribution in [-0.4, -0.2) is 26.5 Å². The fourth-order valence-electron chi connectivity index (χ4n) is 2.38. The van der Waals surface area contributed by atoms with Gasteiger partial charge in [-0.2, -0.15) is 0 Å². The summed E-state index contributed by atoms with van der Waals surface area (Å²) in [5.41, 5.74) is 1.02. The molecule has 5 nitrogen and oxygen atoms in total. The van der Waals surface area contributed by atoms with E-state index in [-0.39, 0.29) is 17.4 Å². The number of hydrogen-bond acceptors (Lipinski definition) is 3. The molecule has 0 saturated carbocycles. The molecule has 0 aliphatic carbocycles. The highest BCUT2D eigenvalue weighted by Gasteiger charge is 2.26. The molecule has 0 bridgehead atoms. The van der Waals surface area contributed by atoms with Gasteiger partial charge in [-0.3, -0.25) is 9.78 Å². The molecule has 0 spiro atoms. The number of rotatable bonds is 7. The zero-order valence-electron chi connectivity index (χ0n) is 14.2. The summed E-state index contributed by atoms with van der Waals surface area (Å²) in [7, 11) is 0. The zero-order valence-corrected chi connectivity index (χ0v) is 14.2. The Morgan fingerprint density at radius 2 is 2.13 bits per heavy atom. The first-order valence-corrected chi connectivity index (χ1v) is 8.10. The van der Waals surface area contributed by atoms with Crippen LogP contribution in [0.5, 0.6) is 0 Å². The van der Waals surface area contributed by atoms with Crippen molar-refractivity contribution in [2.75, 3.05) is 0 Å². The number of nitrogens with one attached hydrogen (secondary N) is 1. The van der Waals surface area contributed by atoms with Gasteiger partial charge in [0.25, 0.3) is 0 Å². The zero-order chi connectivity index (χ0) is 16.7. The van der Waals surface area contributed by atoms with Gasteiger partial charge in [0.2, 0.25) is 5.91 Å². The SMILES string of the molecule is CC(C)(C)[C@H](Cn1ccnc1)NC(=O)CCCc1ccccn1. The molecule has 5 heteroatoms. The van der Waals surface area contributed by atoms with Gasteiger partial charge in [0.1, 0.15) is 0 Å². The summed E-state index contributed by atoms with van der Waals surface area (Å²) in [6.45, 7) is 7.16. The number of aryl methyl sites for hydroxylation is 1. The minimum absolute atomic E-state index is 0.0130. The minimum atomic E-state index is -0.0130. The standard InChI is InChI=1S/C18H26N4O/c1-18(2,3)16(13-22-12-11-19-14-22)21-17(23)9-6-8-15-7-4-5-10-20-15/h4-5,7,10-12,14,16H,6,8-9,13H2,1-3H3,(H,21,23)/t16-/m0/s1. The van der Waals surface area contributed by atoms with Crippen LogP contribution >= 0.6 is 0 Å². The summed E-state index contributed by atoms with van der Waals surface area (Å²) in [6.07, 6.45) is 9.41. The van der Waals surface area contributed by atoms with Gasteiger partial charge in [-0.25, -0.2) is 4.98 Å². The van der Waals surface area contributed by atoms with Crippen LogP contribution in [0.3, 0.4) is 0 Å². The van der Waals surface area contributed by atoms with Crippen LogP contribution < -0.4 is 5.32 Å². The van der Waals surface area contributed by atoms with E-state index in [9.17, 15) is 4.79 Å². The third-order valence-corrected chi connectivity index (χ3v) is 3.90. The molecule has 2 aromatic rings. The third-order valence-electron chi connectivity index (χ3n) is 3.90. The van der Waals surface area contributed by atoms with E-state index in [1.54, 1.807) is 18.7 Å². The molecule has 1 atom stereocenters. The topological polar surface area (TPSA) is 59.8 Å². The van der Waals surface area contributed by atoms with Crippen LogP contribution in [0.15, 0.2) is 43.1 Å². The maximum Gasteiger partial charge on any atom is 0.220 e. The van der Waals surface area contributed by atoms with Crippen molar-refractivity contribution in [3.8, 4) is 0 Å². The molecule has 124 valence electrons. The van der Waals surface area contributed by atoms with Gasteiger partial charge in [-0.05, 0) is 30.4 Å². The Morgan fingerprint density at radius 1 is 1.30 bits per heavy atom. The van der Waals surface area contributed by atoms with Gasteiger partial charge < -0.3 is 9.88 Å². The van der Waals surface area contributed by atoms with Crippen molar-refractivity contribution in [3.05, 3.63) is 48.8 Å². The summed E-state index contributed by atoms with van der Waals surface area (Å²) in [5.74, 6) is 0.0981. The first-order valence-electron chi connectivity index (χ1n) is 8.10. The highest BCUT2D eigenvalue weighted by Crippen LogP contribution is 2.21. The summed E-state index contributed by atoms with van der Waals surface area (Å²) in [4.78, 5) is 20.6. The van der Waals surface area contributed by atoms with Crippen molar-refractivity contribution in [1.29, 1.82) is 0 Å². The molecule has 2 heterocycles. The van der Waals surface area contributed by atoms with Crippen molar-refractivity contribution >= 4 is 5.91 Å². The van der Waals surface area contributed by atoms with Crippen LogP contribution in [0, 0.1) is 5.41 Å². The van der Waals surface area contributed by atoms with Crippen LogP contribution in [0.25, 0.3) is 0 Å². The number of hydrogen-bond donors (Lipinski definition) is 1. The summed E-state index contributed by atoms with van der Waals surface area (Å²) in [6, 6.07) is 5.94. The van der Waals surface area contributed by atoms with Gasteiger partial charge in [0, 0.05) is 37.3 Å². The molecule has 0 aromatic carbocycles. The lowest BCUT2D eigenvalue weighted by Crippen LogP contribution is -2.46. The number of carbonyl (C=O) groups excluding carboxylic acids is 1. The summed E-state index contributed by atoms with van der Waals surface area (Å²) < 4.78 is 2.00. The maximum absolute atomic E-state index is 12.3. The van der Waals surface area contributed by atoms with E-state index in [0.717, 1.165) is 25.1 Å². The first kappa shape index (κ1) is 17.2. The van der Waals surface area contributed by atoms with Crippen molar-refractivity contribution in [1.82, 2.24) is 19.9 Å². The fraction of sp³-hybridized carbons (Fsp3) is 0.500. The first-order chi connectivity index (χ1) is 10.9. The predicted molar refractivity (Wildman–Crippen MR) is 90.8 cm³/mol. The minimum Gasteiger partial charge on any atom is -0.351 e. The molecular formula is C18H26N4O. The van der Waals surface area contributed by atoms with Gasteiger partial charge in [0.15, 0.2) is 0 Å². The number of amides is 1. The second-order valence-corrected chi connectivity index (χ2v) is 6.92. The average Bonchev–Trinajstić information content (AvgIpc) is 3.00. The summed E-state index contributed by atoms with van der Waals surface area (Å²) >= 11 is 0. The van der Waals surface area contributed by atoms with E-state index in [2.05, 4.69) is 36.1 Å². The van der Waals surface area contributed by atoms with Crippen molar-refractivity contribution < 1.29 is 4.79 Å². The van der Waals surface area contributed by atoms with Gasteiger partial charge in [0.05, 0.1) is 12.4 Å². The van der Waals surface area contributed by atoms with Crippen LogP contribution in [0.1, 0.15) is 39.3 Å². The third kappa shape index (κ3) is 5.85. The lowest BCUT2D eigenvalue weighted by atomic mass is 9.86. The second-order valence-electron chi connectivity index (χ2n) is 6.92. The Morgan fingerprint density at radius 3 is 2.74 bits per heavy atom. The normalized spacial score (nSPS) is 12.8. The molecular weight excluding hydrogens is 288 g/mol. The molecule has 0 radical (unpaired) electrons. The van der Waals surface area contributed by atoms with Gasteiger partial charge in [-0.15, -0.1) is 0 Å². The fourth-order valence-corrected chi connectivity index (χ4v) is 2.38. The molecule has 23 heavy (non-hydrogen) atoms. The Bertz CT molecular complexity index is 587. The van der Waals surface area contributed by atoms with E-state index in [4.69, 9.17) is 0 Å². The van der Waals surface area contributed by atoms with E-state index in [0.29, 0.717) is 6.42 Å². The molecule has 2 aromatic heterocycles. The van der Waals surface area contributed by atoms with Crippen molar-refractivity contribution in [3.63, 3.8) is 0 Å². The smallest absolute Gasteiger partial charge is 0.220 e. The molecule has 0 fully saturated rings. The number of carbonyl (C=O) groups is 1.